The molecule has 1 aliphatic rings. The van der Waals surface area contributed by atoms with Crippen molar-refractivity contribution in [1.29, 1.82) is 0 Å². The second kappa shape index (κ2) is 5.89. The van der Waals surface area contributed by atoms with E-state index in [-0.39, 0.29) is 1.43 Å². The number of carbonyl (C=O) groups is 1. The third-order valence-corrected chi connectivity index (χ3v) is 3.42. The van der Waals surface area contributed by atoms with Crippen LogP contribution in [0.15, 0.2) is 0 Å². The zero-order chi connectivity index (χ0) is 14.7. The van der Waals surface area contributed by atoms with Crippen LogP contribution in [0.5, 0.6) is 0 Å². The monoisotopic (exact) mass is 293 g/mol. The van der Waals surface area contributed by atoms with Crippen LogP contribution in [0.1, 0.15) is 36.0 Å². The van der Waals surface area contributed by atoms with Gasteiger partial charge < -0.3 is 19.5 Å². The first-order valence-electron chi connectivity index (χ1n) is 6.36. The maximum Gasteiger partial charge on any atom is 0.408 e. The van der Waals surface area contributed by atoms with Gasteiger partial charge in [-0.15, -0.1) is 0 Å². The molecular formula is C13H27NO4S. The molecule has 0 aromatic rings. The number of thioether (sulfide) groups is 1. The lowest BCUT2D eigenvalue weighted by molar-refractivity contribution is -0.267. The summed E-state index contributed by atoms with van der Waals surface area (Å²) < 4.78 is 16.6. The van der Waals surface area contributed by atoms with Crippen LogP contribution in [0, 0.1) is 0 Å². The largest absolute Gasteiger partial charge is 0.444 e. The third-order valence-electron chi connectivity index (χ3n) is 2.58. The van der Waals surface area contributed by atoms with E-state index < -0.39 is 23.0 Å². The lowest BCUT2D eigenvalue weighted by Crippen LogP contribution is -2.63. The Morgan fingerprint density at radius 1 is 1.37 bits per heavy atom. The highest BCUT2D eigenvalue weighted by Gasteiger charge is 2.41. The number of ether oxygens (including phenoxy) is 3. The van der Waals surface area contributed by atoms with Gasteiger partial charge in [-0.2, -0.15) is 11.8 Å². The quantitative estimate of drug-likeness (QED) is 0.867. The van der Waals surface area contributed by atoms with E-state index >= 15 is 0 Å². The van der Waals surface area contributed by atoms with Crippen molar-refractivity contribution in [2.75, 3.05) is 25.2 Å². The Balaban J connectivity index is 0.00000361. The minimum Gasteiger partial charge on any atom is -0.444 e. The van der Waals surface area contributed by atoms with Gasteiger partial charge in [-0.1, -0.05) is 0 Å². The number of hydrogen-bond donors (Lipinski definition) is 1. The summed E-state index contributed by atoms with van der Waals surface area (Å²) in [5.41, 5.74) is -1.04. The topological polar surface area (TPSA) is 56.8 Å². The van der Waals surface area contributed by atoms with E-state index in [1.54, 1.807) is 11.8 Å². The summed E-state index contributed by atoms with van der Waals surface area (Å²) in [6, 6.07) is 0. The predicted octanol–water partition coefficient (Wildman–Crippen LogP) is 2.64. The molecule has 0 bridgehead atoms. The van der Waals surface area contributed by atoms with Crippen LogP contribution in [0.4, 0.5) is 4.79 Å². The molecule has 0 unspecified atom stereocenters. The molecule has 114 valence electrons. The molecule has 1 N–H and O–H groups in total. The number of alkyl carbamates (subject to hydrolysis) is 1. The van der Waals surface area contributed by atoms with Gasteiger partial charge in [0.25, 0.3) is 0 Å². The van der Waals surface area contributed by atoms with Crippen LogP contribution in [0.3, 0.4) is 0 Å². The van der Waals surface area contributed by atoms with Gasteiger partial charge >= 0.3 is 6.09 Å². The van der Waals surface area contributed by atoms with Gasteiger partial charge in [-0.25, -0.2) is 4.79 Å². The van der Waals surface area contributed by atoms with Crippen molar-refractivity contribution < 1.29 is 20.4 Å². The summed E-state index contributed by atoms with van der Waals surface area (Å²) in [4.78, 5) is 11.9. The Hall–Kier alpha value is -0.460. The van der Waals surface area contributed by atoms with Crippen LogP contribution >= 0.6 is 11.8 Å². The summed E-state index contributed by atoms with van der Waals surface area (Å²) in [5.74, 6) is 0.111. The van der Waals surface area contributed by atoms with Gasteiger partial charge in [0.15, 0.2) is 5.79 Å². The SMILES string of the molecule is CSCC1(NC(=O)OC(C)(C)C)COC(C)(C)OC1.[HH]. The van der Waals surface area contributed by atoms with Crippen LogP contribution < -0.4 is 5.32 Å². The van der Waals surface area contributed by atoms with Crippen molar-refractivity contribution in [1.82, 2.24) is 5.32 Å². The Bertz CT molecular complexity index is 321. The Labute approximate surface area is 121 Å². The zero-order valence-corrected chi connectivity index (χ0v) is 13.5. The molecule has 0 aromatic carbocycles. The fraction of sp³-hybridized carbons (Fsp3) is 0.923. The lowest BCUT2D eigenvalue weighted by atomic mass is 10.0. The average molecular weight is 293 g/mol. The van der Waals surface area contributed by atoms with E-state index in [9.17, 15) is 4.79 Å². The van der Waals surface area contributed by atoms with Crippen molar-refractivity contribution in [2.24, 2.45) is 0 Å². The molecule has 1 fully saturated rings. The first kappa shape index (κ1) is 16.6. The molecule has 0 spiro atoms. The molecule has 5 nitrogen and oxygen atoms in total. The maximum atomic E-state index is 11.9. The molecule has 1 saturated heterocycles. The molecule has 0 atom stereocenters. The minimum atomic E-state index is -0.600. The van der Waals surface area contributed by atoms with E-state index in [1.165, 1.54) is 0 Å². The van der Waals surface area contributed by atoms with Crippen molar-refractivity contribution in [2.45, 2.75) is 51.5 Å². The highest BCUT2D eigenvalue weighted by atomic mass is 32.2. The summed E-state index contributed by atoms with van der Waals surface area (Å²) >= 11 is 1.64. The Morgan fingerprint density at radius 2 is 1.89 bits per heavy atom. The molecular weight excluding hydrogens is 266 g/mol. The van der Waals surface area contributed by atoms with Crippen LogP contribution in [-0.2, 0) is 14.2 Å². The highest BCUT2D eigenvalue weighted by molar-refractivity contribution is 7.98. The van der Waals surface area contributed by atoms with E-state index in [0.717, 1.165) is 0 Å². The maximum absolute atomic E-state index is 11.9. The Morgan fingerprint density at radius 3 is 2.32 bits per heavy atom. The average Bonchev–Trinajstić information content (AvgIpc) is 2.20. The normalized spacial score (nSPS) is 21.8. The lowest BCUT2D eigenvalue weighted by Gasteiger charge is -2.43. The van der Waals surface area contributed by atoms with E-state index in [4.69, 9.17) is 14.2 Å². The van der Waals surface area contributed by atoms with Crippen molar-refractivity contribution in [3.05, 3.63) is 0 Å². The third kappa shape index (κ3) is 5.58. The number of amides is 1. The first-order valence-corrected chi connectivity index (χ1v) is 7.75. The molecule has 0 aromatic heterocycles. The van der Waals surface area contributed by atoms with Gasteiger partial charge in [-0.05, 0) is 40.9 Å². The van der Waals surface area contributed by atoms with Crippen molar-refractivity contribution in [3.63, 3.8) is 0 Å². The van der Waals surface area contributed by atoms with Crippen molar-refractivity contribution >= 4 is 17.9 Å². The second-order valence-electron chi connectivity index (χ2n) is 6.32. The van der Waals surface area contributed by atoms with Crippen LogP contribution in [0.2, 0.25) is 0 Å². The number of rotatable bonds is 3. The van der Waals surface area contributed by atoms with Crippen molar-refractivity contribution in [3.8, 4) is 0 Å². The number of nitrogens with one attached hydrogen (secondary N) is 1. The molecule has 6 heteroatoms. The first-order chi connectivity index (χ1) is 8.58. The molecule has 1 amide bonds. The highest BCUT2D eigenvalue weighted by Crippen LogP contribution is 2.26. The zero-order valence-electron chi connectivity index (χ0n) is 12.7. The van der Waals surface area contributed by atoms with Crippen LogP contribution in [-0.4, -0.2) is 48.2 Å². The van der Waals surface area contributed by atoms with Gasteiger partial charge in [0.05, 0.1) is 18.8 Å². The van der Waals surface area contributed by atoms with Gasteiger partial charge in [-0.3, -0.25) is 0 Å². The van der Waals surface area contributed by atoms with Gasteiger partial charge in [0, 0.05) is 7.18 Å². The fourth-order valence-corrected chi connectivity index (χ4v) is 2.49. The number of carbonyl (C=O) groups excluding carboxylic acids is 1. The summed E-state index contributed by atoms with van der Waals surface area (Å²) in [6.45, 7) is 10.1. The second-order valence-corrected chi connectivity index (χ2v) is 7.18. The minimum absolute atomic E-state index is 0. The summed E-state index contributed by atoms with van der Waals surface area (Å²) in [6.07, 6.45) is 1.55. The molecule has 1 rings (SSSR count). The van der Waals surface area contributed by atoms with E-state index in [0.29, 0.717) is 19.0 Å². The molecule has 19 heavy (non-hydrogen) atoms. The smallest absolute Gasteiger partial charge is 0.408 e. The molecule has 0 aliphatic carbocycles. The van der Waals surface area contributed by atoms with Gasteiger partial charge in [0.1, 0.15) is 5.60 Å². The fourth-order valence-electron chi connectivity index (χ4n) is 1.70. The van der Waals surface area contributed by atoms with Gasteiger partial charge in [0.2, 0.25) is 0 Å². The summed E-state index contributed by atoms with van der Waals surface area (Å²) in [7, 11) is 0. The summed E-state index contributed by atoms with van der Waals surface area (Å²) in [5, 5.41) is 2.90. The van der Waals surface area contributed by atoms with E-state index in [2.05, 4.69) is 5.32 Å². The van der Waals surface area contributed by atoms with E-state index in [1.807, 2.05) is 40.9 Å². The predicted molar refractivity (Wildman–Crippen MR) is 78.6 cm³/mol. The van der Waals surface area contributed by atoms with Crippen LogP contribution in [0.25, 0.3) is 0 Å². The Kier molecular flexibility index (Phi) is 5.15. The number of hydrogen-bond acceptors (Lipinski definition) is 5. The molecule has 0 radical (unpaired) electrons. The molecule has 1 aliphatic heterocycles. The molecule has 0 saturated carbocycles. The standard InChI is InChI=1S/C13H25NO4S.H2/c1-11(2,3)18-10(15)14-13(9-19-6)7-16-12(4,5)17-8-13;/h7-9H2,1-6H3,(H,14,15);1H. The molecule has 1 heterocycles.